The molecule has 0 spiro atoms. The fourth-order valence-electron chi connectivity index (χ4n) is 2.46. The van der Waals surface area contributed by atoms with Crippen molar-refractivity contribution in [3.8, 4) is 0 Å². The molecule has 0 aromatic heterocycles. The SMILES string of the molecule is Cc1ccc([C@H](N)CCC(C)C)c2ccccc12.Cl. The largest absolute Gasteiger partial charge is 0.324 e. The molecule has 0 amide bonds. The monoisotopic (exact) mass is 277 g/mol. The first-order valence-corrected chi connectivity index (χ1v) is 6.83. The van der Waals surface area contributed by atoms with E-state index in [0.29, 0.717) is 5.92 Å². The molecule has 104 valence electrons. The second-order valence-electron chi connectivity index (χ2n) is 5.59. The van der Waals surface area contributed by atoms with Crippen molar-refractivity contribution in [2.24, 2.45) is 11.7 Å². The topological polar surface area (TPSA) is 26.0 Å². The van der Waals surface area contributed by atoms with Crippen LogP contribution >= 0.6 is 12.4 Å². The molecule has 19 heavy (non-hydrogen) atoms. The van der Waals surface area contributed by atoms with Crippen LogP contribution in [0.15, 0.2) is 36.4 Å². The Hall–Kier alpha value is -1.05. The summed E-state index contributed by atoms with van der Waals surface area (Å²) in [4.78, 5) is 0. The third-order valence-corrected chi connectivity index (χ3v) is 3.63. The van der Waals surface area contributed by atoms with Crippen LogP contribution in [0.1, 0.15) is 43.9 Å². The number of halogens is 1. The standard InChI is InChI=1S/C17H23N.ClH/c1-12(2)8-11-17(18)16-10-9-13(3)14-6-4-5-7-15(14)16;/h4-7,9-10,12,17H,8,11,18H2,1-3H3;1H/t17-;/m1./s1. The van der Waals surface area contributed by atoms with Crippen molar-refractivity contribution >= 4 is 23.2 Å². The molecule has 0 saturated carbocycles. The molecule has 2 aromatic carbocycles. The zero-order chi connectivity index (χ0) is 13.1. The van der Waals surface area contributed by atoms with Gasteiger partial charge in [0, 0.05) is 6.04 Å². The highest BCUT2D eigenvalue weighted by Crippen LogP contribution is 2.28. The van der Waals surface area contributed by atoms with E-state index in [0.717, 1.165) is 6.42 Å². The second-order valence-corrected chi connectivity index (χ2v) is 5.59. The molecule has 0 radical (unpaired) electrons. The molecule has 2 N–H and O–H groups in total. The van der Waals surface area contributed by atoms with Crippen molar-refractivity contribution in [2.75, 3.05) is 0 Å². The van der Waals surface area contributed by atoms with Crippen LogP contribution in [-0.4, -0.2) is 0 Å². The summed E-state index contributed by atoms with van der Waals surface area (Å²) in [7, 11) is 0. The van der Waals surface area contributed by atoms with Gasteiger partial charge in [-0.1, -0.05) is 50.2 Å². The Balaban J connectivity index is 0.00000180. The summed E-state index contributed by atoms with van der Waals surface area (Å²) in [6, 6.07) is 13.1. The first-order chi connectivity index (χ1) is 8.59. The van der Waals surface area contributed by atoms with E-state index in [1.54, 1.807) is 0 Å². The van der Waals surface area contributed by atoms with E-state index in [1.807, 2.05) is 0 Å². The lowest BCUT2D eigenvalue weighted by Gasteiger charge is -2.17. The Morgan fingerprint density at radius 3 is 2.21 bits per heavy atom. The highest BCUT2D eigenvalue weighted by molar-refractivity contribution is 5.88. The average Bonchev–Trinajstić information content (AvgIpc) is 2.37. The van der Waals surface area contributed by atoms with Crippen LogP contribution in [0.3, 0.4) is 0 Å². The van der Waals surface area contributed by atoms with Gasteiger partial charge in [0.2, 0.25) is 0 Å². The van der Waals surface area contributed by atoms with Crippen molar-refractivity contribution in [1.29, 1.82) is 0 Å². The first kappa shape index (κ1) is 16.0. The highest BCUT2D eigenvalue weighted by Gasteiger charge is 2.11. The summed E-state index contributed by atoms with van der Waals surface area (Å²) in [6.07, 6.45) is 2.24. The van der Waals surface area contributed by atoms with E-state index in [2.05, 4.69) is 57.2 Å². The number of aryl methyl sites for hydroxylation is 1. The predicted molar refractivity (Wildman–Crippen MR) is 86.9 cm³/mol. The molecule has 0 saturated heterocycles. The van der Waals surface area contributed by atoms with Crippen molar-refractivity contribution in [2.45, 2.75) is 39.7 Å². The molecule has 2 aromatic rings. The molecule has 2 rings (SSSR count). The Kier molecular flexibility index (Phi) is 5.84. The third kappa shape index (κ3) is 3.71. The van der Waals surface area contributed by atoms with E-state index in [9.17, 15) is 0 Å². The maximum atomic E-state index is 6.36. The van der Waals surface area contributed by atoms with E-state index in [-0.39, 0.29) is 18.4 Å². The van der Waals surface area contributed by atoms with Gasteiger partial charge in [0.15, 0.2) is 0 Å². The van der Waals surface area contributed by atoms with E-state index in [4.69, 9.17) is 5.73 Å². The van der Waals surface area contributed by atoms with E-state index < -0.39 is 0 Å². The molecule has 0 aliphatic heterocycles. The smallest absolute Gasteiger partial charge is 0.0301 e. The summed E-state index contributed by atoms with van der Waals surface area (Å²) in [6.45, 7) is 6.66. The van der Waals surface area contributed by atoms with Gasteiger partial charge in [-0.2, -0.15) is 0 Å². The van der Waals surface area contributed by atoms with E-state index >= 15 is 0 Å². The van der Waals surface area contributed by atoms with Crippen LogP contribution in [0, 0.1) is 12.8 Å². The van der Waals surface area contributed by atoms with Crippen molar-refractivity contribution in [3.63, 3.8) is 0 Å². The van der Waals surface area contributed by atoms with Crippen LogP contribution in [0.25, 0.3) is 10.8 Å². The van der Waals surface area contributed by atoms with Gasteiger partial charge in [0.25, 0.3) is 0 Å². The van der Waals surface area contributed by atoms with Crippen molar-refractivity contribution in [1.82, 2.24) is 0 Å². The quantitative estimate of drug-likeness (QED) is 0.836. The lowest BCUT2D eigenvalue weighted by atomic mass is 9.92. The molecular weight excluding hydrogens is 254 g/mol. The normalized spacial score (nSPS) is 12.5. The third-order valence-electron chi connectivity index (χ3n) is 3.63. The molecule has 1 nitrogen and oxygen atoms in total. The molecule has 0 heterocycles. The molecule has 0 bridgehead atoms. The summed E-state index contributed by atoms with van der Waals surface area (Å²) in [5.74, 6) is 0.716. The predicted octanol–water partition coefficient (Wildman–Crippen LogP) is 5.01. The Morgan fingerprint density at radius 1 is 0.947 bits per heavy atom. The molecule has 2 heteroatoms. The summed E-state index contributed by atoms with van der Waals surface area (Å²) >= 11 is 0. The van der Waals surface area contributed by atoms with E-state index in [1.165, 1.54) is 28.3 Å². The first-order valence-electron chi connectivity index (χ1n) is 6.83. The lowest BCUT2D eigenvalue weighted by molar-refractivity contribution is 0.508. The highest BCUT2D eigenvalue weighted by atomic mass is 35.5. The number of nitrogens with two attached hydrogens (primary N) is 1. The Bertz CT molecular complexity index is 534. The van der Waals surface area contributed by atoms with Gasteiger partial charge in [-0.25, -0.2) is 0 Å². The Morgan fingerprint density at radius 2 is 1.58 bits per heavy atom. The van der Waals surface area contributed by atoms with Crippen LogP contribution in [-0.2, 0) is 0 Å². The van der Waals surface area contributed by atoms with Gasteiger partial charge in [0.1, 0.15) is 0 Å². The second kappa shape index (κ2) is 6.93. The van der Waals surface area contributed by atoms with Crippen LogP contribution in [0.2, 0.25) is 0 Å². The molecule has 0 aliphatic rings. The Labute approximate surface area is 122 Å². The fraction of sp³-hybridized carbons (Fsp3) is 0.412. The maximum Gasteiger partial charge on any atom is 0.0301 e. The molecule has 0 aliphatic carbocycles. The van der Waals surface area contributed by atoms with Gasteiger partial charge in [-0.3, -0.25) is 0 Å². The van der Waals surface area contributed by atoms with Gasteiger partial charge >= 0.3 is 0 Å². The number of hydrogen-bond donors (Lipinski definition) is 1. The summed E-state index contributed by atoms with van der Waals surface area (Å²) in [5, 5.41) is 2.64. The number of rotatable bonds is 4. The number of benzene rings is 2. The molecule has 1 atom stereocenters. The zero-order valence-electron chi connectivity index (χ0n) is 12.0. The maximum absolute atomic E-state index is 6.36. The van der Waals surface area contributed by atoms with Gasteiger partial charge in [-0.15, -0.1) is 12.4 Å². The van der Waals surface area contributed by atoms with Crippen molar-refractivity contribution in [3.05, 3.63) is 47.5 Å². The molecule has 0 fully saturated rings. The van der Waals surface area contributed by atoms with Gasteiger partial charge in [-0.05, 0) is 47.6 Å². The minimum absolute atomic E-state index is 0. The van der Waals surface area contributed by atoms with Gasteiger partial charge in [0.05, 0.1) is 0 Å². The van der Waals surface area contributed by atoms with Crippen LogP contribution < -0.4 is 5.73 Å². The van der Waals surface area contributed by atoms with Crippen molar-refractivity contribution < 1.29 is 0 Å². The minimum atomic E-state index is 0. The fourth-order valence-corrected chi connectivity index (χ4v) is 2.46. The summed E-state index contributed by atoms with van der Waals surface area (Å²) < 4.78 is 0. The summed E-state index contributed by atoms with van der Waals surface area (Å²) in [5.41, 5.74) is 8.97. The van der Waals surface area contributed by atoms with Crippen LogP contribution in [0.5, 0.6) is 0 Å². The molecular formula is C17H24ClN. The zero-order valence-corrected chi connectivity index (χ0v) is 12.8. The van der Waals surface area contributed by atoms with Crippen LogP contribution in [0.4, 0.5) is 0 Å². The molecule has 0 unspecified atom stereocenters. The van der Waals surface area contributed by atoms with Gasteiger partial charge < -0.3 is 5.73 Å². The lowest BCUT2D eigenvalue weighted by Crippen LogP contribution is -2.11. The minimum Gasteiger partial charge on any atom is -0.324 e. The number of hydrogen-bond acceptors (Lipinski definition) is 1. The average molecular weight is 278 g/mol. The number of fused-ring (bicyclic) bond motifs is 1.